The van der Waals surface area contributed by atoms with Gasteiger partial charge in [-0.05, 0) is 92.7 Å². The van der Waals surface area contributed by atoms with Crippen molar-refractivity contribution in [3.05, 3.63) is 113 Å². The predicted octanol–water partition coefficient (Wildman–Crippen LogP) is 7.51. The van der Waals surface area contributed by atoms with Crippen molar-refractivity contribution in [3.63, 3.8) is 0 Å². The van der Waals surface area contributed by atoms with E-state index in [1.165, 1.54) is 12.1 Å². The molecule has 2 atom stereocenters. The number of hydrogen-bond donors (Lipinski definition) is 3. The first kappa shape index (κ1) is 50.9. The Labute approximate surface area is 441 Å². The van der Waals surface area contributed by atoms with Crippen molar-refractivity contribution < 1.29 is 45.4 Å². The first-order valence-corrected chi connectivity index (χ1v) is 27.3. The van der Waals surface area contributed by atoms with E-state index in [2.05, 4.69) is 35.9 Å². The zero-order valence-electron chi connectivity index (χ0n) is 43.8. The number of nitrogens with zero attached hydrogens (tertiary/aromatic N) is 5. The maximum Gasteiger partial charge on any atom is 0.251 e. The first-order chi connectivity index (χ1) is 36.4. The third-order valence-electron chi connectivity index (χ3n) is 13.5. The number of ether oxygens (including phenoxy) is 1. The monoisotopic (exact) mass is 1050 g/mol. The molecule has 0 spiro atoms. The third-order valence-corrected chi connectivity index (χ3v) is 16.7. The van der Waals surface area contributed by atoms with Crippen molar-refractivity contribution in [1.82, 2.24) is 20.6 Å². The standard InChI is InChI=1S/C55H63FN8O8S2/c1-55(2,32-51(68)61-60-47-18-21-62(3)48-30-41(14-15-42(47)48)72-26-5-7-40(65)29-45-49(66)16-17-50(45)67)74-73-27-19-52(69)64-24-22-63(23-25-64)39-12-9-35(10-13-39)53(70)58-34-37-8-11-38(28-46(37)56)59-54(71)44-31-43(44)36-6-4-20-57-33-36/h4,6,8-15,20,28,30,33,43-45H,5,7,16-19,21-27,29,31-32,34H2,1-3H3,(H,58,70)(H,59,71)(H,61,68)/b60-47+/i31D2. The van der Waals surface area contributed by atoms with Crippen molar-refractivity contribution in [2.75, 3.05) is 67.2 Å². The summed E-state index contributed by atoms with van der Waals surface area (Å²) >= 11 is 0. The maximum absolute atomic E-state index is 15.1. The Bertz CT molecular complexity index is 2850. The SMILES string of the molecule is [2H]C1([2H])C(C(=O)Nc2ccc(CNC(=O)c3ccc(N4CCN(C(=O)CCSSC(C)(C)CC(=O)N/N=C5\CCN(C)c6cc(OCCCC(=O)CC7C(=O)CCC7=O)ccc65)CC4)cc3)c(F)c2)C1c1cccnc1. The molecule has 74 heavy (non-hydrogen) atoms. The minimum Gasteiger partial charge on any atom is -0.494 e. The Hall–Kier alpha value is -6.60. The summed E-state index contributed by atoms with van der Waals surface area (Å²) in [6.07, 6.45) is 3.75. The van der Waals surface area contributed by atoms with Gasteiger partial charge in [-0.2, -0.15) is 5.10 Å². The number of fused-ring (bicyclic) bond motifs is 1. The third kappa shape index (κ3) is 14.4. The van der Waals surface area contributed by atoms with Crippen LogP contribution in [0.4, 0.5) is 21.5 Å². The maximum atomic E-state index is 15.1. The molecule has 2 saturated carbocycles. The molecule has 1 saturated heterocycles. The van der Waals surface area contributed by atoms with Gasteiger partial charge in [-0.1, -0.05) is 33.7 Å². The topological polar surface area (TPSA) is 200 Å². The first-order valence-electron chi connectivity index (χ1n) is 26.0. The van der Waals surface area contributed by atoms with Gasteiger partial charge in [0, 0.05) is 163 Å². The van der Waals surface area contributed by atoms with Gasteiger partial charge in [0.1, 0.15) is 28.9 Å². The molecule has 8 rings (SSSR count). The summed E-state index contributed by atoms with van der Waals surface area (Å²) in [6, 6.07) is 20.3. The fraction of sp³-hybridized carbons (Fsp3) is 0.436. The number of benzene rings is 3. The molecule has 1 aromatic heterocycles. The van der Waals surface area contributed by atoms with Crippen LogP contribution in [0, 0.1) is 17.7 Å². The van der Waals surface area contributed by atoms with Gasteiger partial charge in [0.15, 0.2) is 0 Å². The second-order valence-electron chi connectivity index (χ2n) is 19.5. The summed E-state index contributed by atoms with van der Waals surface area (Å²) in [4.78, 5) is 98.5. The number of carbonyl (C=O) groups excluding carboxylic acids is 7. The van der Waals surface area contributed by atoms with Crippen LogP contribution >= 0.6 is 21.6 Å². The van der Waals surface area contributed by atoms with E-state index >= 15 is 4.39 Å². The Balaban J connectivity index is 0.699. The van der Waals surface area contributed by atoms with Crippen molar-refractivity contribution in [2.45, 2.75) is 88.8 Å². The average molecular weight is 1050 g/mol. The van der Waals surface area contributed by atoms with Gasteiger partial charge >= 0.3 is 0 Å². The lowest BCUT2D eigenvalue weighted by Gasteiger charge is -2.36. The highest BCUT2D eigenvalue weighted by Crippen LogP contribution is 2.48. The summed E-state index contributed by atoms with van der Waals surface area (Å²) < 4.78 is 37.1. The Kier molecular flexibility index (Phi) is 16.9. The van der Waals surface area contributed by atoms with Crippen LogP contribution in [0.3, 0.4) is 0 Å². The van der Waals surface area contributed by atoms with Crippen molar-refractivity contribution in [3.8, 4) is 5.75 Å². The van der Waals surface area contributed by atoms with E-state index in [1.807, 2.05) is 56.1 Å². The number of halogens is 1. The van der Waals surface area contributed by atoms with E-state index in [0.29, 0.717) is 81.2 Å². The predicted molar refractivity (Wildman–Crippen MR) is 286 cm³/mol. The summed E-state index contributed by atoms with van der Waals surface area (Å²) in [7, 11) is 5.11. The number of nitrogens with one attached hydrogen (secondary N) is 3. The van der Waals surface area contributed by atoms with E-state index in [4.69, 9.17) is 7.48 Å². The van der Waals surface area contributed by atoms with Crippen LogP contribution in [-0.4, -0.2) is 113 Å². The zero-order chi connectivity index (χ0) is 54.1. The lowest BCUT2D eigenvalue weighted by molar-refractivity contribution is -0.132. The Morgan fingerprint density at radius 3 is 2.43 bits per heavy atom. The number of pyridine rings is 1. The molecule has 4 aromatic rings. The highest BCUT2D eigenvalue weighted by Gasteiger charge is 2.44. The number of anilines is 3. The summed E-state index contributed by atoms with van der Waals surface area (Å²) in [5, 5.41) is 9.89. The second-order valence-corrected chi connectivity index (χ2v) is 22.6. The van der Waals surface area contributed by atoms with Crippen LogP contribution in [0.2, 0.25) is 0 Å². The number of aromatic nitrogens is 1. The van der Waals surface area contributed by atoms with Crippen molar-refractivity contribution in [1.29, 1.82) is 0 Å². The molecule has 16 nitrogen and oxygen atoms in total. The molecular weight excluding hydrogens is 984 g/mol. The number of Topliss-reactive ketones (excluding diaryl/α,β-unsaturated/α-hetero) is 3. The zero-order valence-corrected chi connectivity index (χ0v) is 43.5. The fourth-order valence-electron chi connectivity index (χ4n) is 9.19. The second kappa shape index (κ2) is 24.6. The molecule has 3 heterocycles. The van der Waals surface area contributed by atoms with Crippen molar-refractivity contribution >= 4 is 85.3 Å². The van der Waals surface area contributed by atoms with Gasteiger partial charge in [0.25, 0.3) is 5.91 Å². The number of carbonyl (C=O) groups is 7. The smallest absolute Gasteiger partial charge is 0.251 e. The van der Waals surface area contributed by atoms with E-state index in [9.17, 15) is 33.6 Å². The molecule has 0 bridgehead atoms. The molecule has 390 valence electrons. The molecule has 2 aliphatic carbocycles. The molecule has 0 radical (unpaired) electrons. The largest absolute Gasteiger partial charge is 0.494 e. The van der Waals surface area contributed by atoms with Gasteiger partial charge in [0.05, 0.1) is 18.2 Å². The van der Waals surface area contributed by atoms with E-state index in [1.54, 1.807) is 58.2 Å². The minimum absolute atomic E-state index is 0.0178. The van der Waals surface area contributed by atoms with E-state index < -0.39 is 40.6 Å². The molecule has 4 aliphatic rings. The summed E-state index contributed by atoms with van der Waals surface area (Å²) in [6.45, 7) is 7.26. The van der Waals surface area contributed by atoms with Crippen LogP contribution in [0.15, 0.2) is 90.3 Å². The van der Waals surface area contributed by atoms with Gasteiger partial charge in [-0.3, -0.25) is 38.5 Å². The van der Waals surface area contributed by atoms with E-state index in [-0.39, 0.29) is 85.0 Å². The number of amides is 4. The molecule has 2 aliphatic heterocycles. The van der Waals surface area contributed by atoms with E-state index in [0.717, 1.165) is 28.7 Å². The van der Waals surface area contributed by atoms with Gasteiger partial charge in [-0.15, -0.1) is 0 Å². The molecule has 4 amide bonds. The number of ketones is 3. The normalized spacial score (nSPS) is 19.4. The average Bonchev–Trinajstić information content (AvgIpc) is 4.10. The van der Waals surface area contributed by atoms with Gasteiger partial charge in [-0.25, -0.2) is 9.82 Å². The highest BCUT2D eigenvalue weighted by atomic mass is 33.1. The van der Waals surface area contributed by atoms with Crippen LogP contribution in [0.5, 0.6) is 5.75 Å². The number of piperazine rings is 1. The lowest BCUT2D eigenvalue weighted by atomic mass is 9.97. The van der Waals surface area contributed by atoms with Crippen LogP contribution in [0.25, 0.3) is 0 Å². The molecule has 3 aromatic carbocycles. The van der Waals surface area contributed by atoms with Crippen molar-refractivity contribution in [2.24, 2.45) is 16.9 Å². The fourth-order valence-corrected chi connectivity index (χ4v) is 11.7. The summed E-state index contributed by atoms with van der Waals surface area (Å²) in [5.74, 6) is -3.19. The molecule has 19 heteroatoms. The number of rotatable bonds is 22. The molecule has 3 fully saturated rings. The number of hydrogen-bond acceptors (Lipinski definition) is 14. The Morgan fingerprint density at radius 2 is 1.70 bits per heavy atom. The van der Waals surface area contributed by atoms with Crippen LogP contribution in [0.1, 0.15) is 107 Å². The summed E-state index contributed by atoms with van der Waals surface area (Å²) in [5.41, 5.74) is 7.66. The quantitative estimate of drug-likeness (QED) is 0.0303. The highest BCUT2D eigenvalue weighted by molar-refractivity contribution is 8.77. The lowest BCUT2D eigenvalue weighted by Crippen LogP contribution is -2.48. The van der Waals surface area contributed by atoms with Gasteiger partial charge in [0.2, 0.25) is 17.7 Å². The molecule has 2 unspecified atom stereocenters. The number of hydrazone groups is 1. The van der Waals surface area contributed by atoms with Gasteiger partial charge < -0.3 is 30.1 Å². The van der Waals surface area contributed by atoms with Crippen LogP contribution in [-0.2, 0) is 35.3 Å². The molecule has 3 N–H and O–H groups in total. The van der Waals surface area contributed by atoms with Crippen LogP contribution < -0.4 is 30.6 Å². The Morgan fingerprint density at radius 1 is 0.932 bits per heavy atom. The minimum atomic E-state index is -1.74. The molecular formula is C55H63FN8O8S2.